The fourth-order valence-electron chi connectivity index (χ4n) is 5.76. The number of hydrogen-bond donors (Lipinski definition) is 3. The molecular weight excluding hydrogens is 440 g/mol. The van der Waals surface area contributed by atoms with Crippen LogP contribution < -0.4 is 21.3 Å². The van der Waals surface area contributed by atoms with Gasteiger partial charge in [-0.05, 0) is 38.2 Å². The third-order valence-electron chi connectivity index (χ3n) is 7.60. The van der Waals surface area contributed by atoms with Gasteiger partial charge in [-0.15, -0.1) is 0 Å². The van der Waals surface area contributed by atoms with Gasteiger partial charge in [-0.2, -0.15) is 5.10 Å². The first kappa shape index (κ1) is 22.5. The zero-order chi connectivity index (χ0) is 23.9. The summed E-state index contributed by atoms with van der Waals surface area (Å²) >= 11 is 0. The van der Waals surface area contributed by atoms with Crippen molar-refractivity contribution in [1.82, 2.24) is 30.1 Å². The van der Waals surface area contributed by atoms with Gasteiger partial charge in [0.05, 0.1) is 17.9 Å². The van der Waals surface area contributed by atoms with Crippen LogP contribution in [0.15, 0.2) is 42.6 Å². The Morgan fingerprint density at radius 2 is 2.00 bits per heavy atom. The lowest BCUT2D eigenvalue weighted by Gasteiger charge is -2.36. The summed E-state index contributed by atoms with van der Waals surface area (Å²) in [6.07, 6.45) is 6.07. The number of nitrogens with zero attached hydrogens (tertiary/aromatic N) is 5. The Morgan fingerprint density at radius 3 is 2.80 bits per heavy atom. The van der Waals surface area contributed by atoms with Gasteiger partial charge < -0.3 is 15.5 Å². The molecule has 3 aliphatic heterocycles. The molecule has 0 bridgehead atoms. The minimum Gasteiger partial charge on any atom is -0.355 e. The molecule has 1 aromatic carbocycles. The average molecular weight is 475 g/mol. The number of carbonyl (C=O) groups is 1. The molecule has 0 radical (unpaired) electrons. The normalized spacial score (nSPS) is 27.1. The number of hydrogen-bond acceptors (Lipinski definition) is 7. The van der Waals surface area contributed by atoms with Gasteiger partial charge in [-0.3, -0.25) is 15.4 Å². The number of amides is 1. The van der Waals surface area contributed by atoms with Crippen LogP contribution in [0.3, 0.4) is 0 Å². The average Bonchev–Trinajstić information content (AvgIpc) is 3.63. The molecule has 3 fully saturated rings. The van der Waals surface area contributed by atoms with Crippen molar-refractivity contribution in [2.24, 2.45) is 5.73 Å². The van der Waals surface area contributed by atoms with Crippen LogP contribution in [0.5, 0.6) is 0 Å². The molecule has 3 aliphatic rings. The highest BCUT2D eigenvalue weighted by Gasteiger charge is 2.37. The second kappa shape index (κ2) is 9.22. The van der Waals surface area contributed by atoms with Crippen LogP contribution in [0.25, 0.3) is 5.65 Å². The Bertz CT molecular complexity index is 1210. The maximum atomic E-state index is 13.6. The van der Waals surface area contributed by atoms with E-state index in [-0.39, 0.29) is 30.2 Å². The van der Waals surface area contributed by atoms with Crippen LogP contribution in [0.2, 0.25) is 0 Å². The molecule has 4 N–H and O–H groups in total. The van der Waals surface area contributed by atoms with Gasteiger partial charge in [0.25, 0.3) is 0 Å². The maximum Gasteiger partial charge on any atom is 0.241 e. The van der Waals surface area contributed by atoms with Gasteiger partial charge in [0, 0.05) is 50.0 Å². The van der Waals surface area contributed by atoms with Crippen molar-refractivity contribution >= 4 is 17.4 Å². The number of piperidine rings is 1. The molecule has 0 saturated carbocycles. The molecule has 3 saturated heterocycles. The molecule has 2 unspecified atom stereocenters. The summed E-state index contributed by atoms with van der Waals surface area (Å²) in [4.78, 5) is 22.9. The lowest BCUT2D eigenvalue weighted by Crippen LogP contribution is -2.48. The second-order valence-corrected chi connectivity index (χ2v) is 10.1. The molecule has 35 heavy (non-hydrogen) atoms. The van der Waals surface area contributed by atoms with E-state index in [2.05, 4.69) is 40.7 Å². The highest BCUT2D eigenvalue weighted by Crippen LogP contribution is 2.32. The van der Waals surface area contributed by atoms with Gasteiger partial charge in [0.2, 0.25) is 5.91 Å². The van der Waals surface area contributed by atoms with Crippen LogP contribution in [0.1, 0.15) is 54.7 Å². The monoisotopic (exact) mass is 474 g/mol. The number of aromatic nitrogens is 3. The van der Waals surface area contributed by atoms with Crippen molar-refractivity contribution in [2.45, 2.75) is 56.9 Å². The summed E-state index contributed by atoms with van der Waals surface area (Å²) in [5.41, 5.74) is 10.1. The van der Waals surface area contributed by atoms with E-state index in [1.54, 1.807) is 0 Å². The van der Waals surface area contributed by atoms with Crippen molar-refractivity contribution < 1.29 is 4.79 Å². The van der Waals surface area contributed by atoms with E-state index in [4.69, 9.17) is 15.8 Å². The number of likely N-dealkylation sites (tertiary alicyclic amines) is 1. The largest absolute Gasteiger partial charge is 0.355 e. The Labute approximate surface area is 205 Å². The van der Waals surface area contributed by atoms with E-state index >= 15 is 0 Å². The highest BCUT2D eigenvalue weighted by molar-refractivity contribution is 5.83. The van der Waals surface area contributed by atoms with Gasteiger partial charge in [-0.1, -0.05) is 30.3 Å². The quantitative estimate of drug-likeness (QED) is 0.531. The van der Waals surface area contributed by atoms with E-state index in [0.717, 1.165) is 73.6 Å². The highest BCUT2D eigenvalue weighted by atomic mass is 16.2. The van der Waals surface area contributed by atoms with Gasteiger partial charge in [-0.25, -0.2) is 9.50 Å². The number of rotatable bonds is 4. The minimum atomic E-state index is -0.246. The van der Waals surface area contributed by atoms with E-state index in [1.165, 1.54) is 0 Å². The Morgan fingerprint density at radius 1 is 1.14 bits per heavy atom. The number of benzene rings is 1. The van der Waals surface area contributed by atoms with Crippen LogP contribution in [-0.4, -0.2) is 63.7 Å². The summed E-state index contributed by atoms with van der Waals surface area (Å²) in [6, 6.07) is 12.2. The first-order chi connectivity index (χ1) is 17.1. The van der Waals surface area contributed by atoms with Crippen molar-refractivity contribution in [3.63, 3.8) is 0 Å². The SMILES string of the molecule is Cc1cn2nc([C@@H]3CCCCN3C(=O)C3CNC(c4ccccc4)N3)cc2nc1N1CC[C@H](N)C1. The number of fused-ring (bicyclic) bond motifs is 1. The van der Waals surface area contributed by atoms with Crippen LogP contribution in [-0.2, 0) is 4.79 Å². The lowest BCUT2D eigenvalue weighted by atomic mass is 9.98. The van der Waals surface area contributed by atoms with Gasteiger partial charge in [0.15, 0.2) is 5.65 Å². The molecule has 2 aromatic heterocycles. The number of nitrogens with one attached hydrogen (secondary N) is 2. The summed E-state index contributed by atoms with van der Waals surface area (Å²) in [7, 11) is 0. The first-order valence-electron chi connectivity index (χ1n) is 12.8. The Kier molecular flexibility index (Phi) is 5.91. The maximum absolute atomic E-state index is 13.6. The molecular formula is C26H34N8O. The number of carbonyl (C=O) groups excluding carboxylic acids is 1. The van der Waals surface area contributed by atoms with Crippen molar-refractivity contribution in [1.29, 1.82) is 0 Å². The molecule has 4 atom stereocenters. The predicted molar refractivity (Wildman–Crippen MR) is 135 cm³/mol. The van der Waals surface area contributed by atoms with E-state index in [0.29, 0.717) is 6.54 Å². The fraction of sp³-hybridized carbons (Fsp3) is 0.500. The zero-order valence-corrected chi connectivity index (χ0v) is 20.2. The first-order valence-corrected chi connectivity index (χ1v) is 12.8. The van der Waals surface area contributed by atoms with Crippen LogP contribution in [0.4, 0.5) is 5.82 Å². The lowest BCUT2D eigenvalue weighted by molar-refractivity contribution is -0.136. The predicted octanol–water partition coefficient (Wildman–Crippen LogP) is 1.89. The van der Waals surface area contributed by atoms with Crippen molar-refractivity contribution in [2.75, 3.05) is 31.1 Å². The molecule has 3 aromatic rings. The molecule has 9 heteroatoms. The van der Waals surface area contributed by atoms with Crippen molar-refractivity contribution in [3.8, 4) is 0 Å². The smallest absolute Gasteiger partial charge is 0.241 e. The summed E-state index contributed by atoms with van der Waals surface area (Å²) in [5, 5.41) is 11.8. The molecule has 6 rings (SSSR count). The number of anilines is 1. The molecule has 0 aliphatic carbocycles. The minimum absolute atomic E-state index is 0.00659. The van der Waals surface area contributed by atoms with E-state index in [9.17, 15) is 4.79 Å². The molecule has 0 spiro atoms. The third kappa shape index (κ3) is 4.28. The van der Waals surface area contributed by atoms with Crippen LogP contribution >= 0.6 is 0 Å². The van der Waals surface area contributed by atoms with Gasteiger partial charge in [0.1, 0.15) is 11.9 Å². The zero-order valence-electron chi connectivity index (χ0n) is 20.2. The molecule has 1 amide bonds. The van der Waals surface area contributed by atoms with E-state index in [1.807, 2.05) is 33.8 Å². The molecule has 184 valence electrons. The second-order valence-electron chi connectivity index (χ2n) is 10.1. The fourth-order valence-corrected chi connectivity index (χ4v) is 5.76. The summed E-state index contributed by atoms with van der Waals surface area (Å²) in [5.74, 6) is 1.13. The Balaban J connectivity index is 1.23. The third-order valence-corrected chi connectivity index (χ3v) is 7.60. The number of aryl methyl sites for hydroxylation is 1. The summed E-state index contributed by atoms with van der Waals surface area (Å²) in [6.45, 7) is 5.22. The van der Waals surface area contributed by atoms with Crippen LogP contribution in [0, 0.1) is 6.92 Å². The number of nitrogens with two attached hydrogens (primary N) is 1. The van der Waals surface area contributed by atoms with Gasteiger partial charge >= 0.3 is 0 Å². The van der Waals surface area contributed by atoms with Crippen molar-refractivity contribution in [3.05, 3.63) is 59.4 Å². The standard InChI is InChI=1S/C26H34N8O/c1-17-15-34-23(30-25(17)32-12-10-19(27)16-32)13-20(31-34)22-9-5-6-11-33(22)26(35)21-14-28-24(29-21)18-7-3-2-4-8-18/h2-4,7-8,13,15,19,21-22,24,28-29H,5-6,9-12,14,16,27H2,1H3/t19-,21?,22-,24?/m0/s1. The topological polar surface area (TPSA) is 104 Å². The summed E-state index contributed by atoms with van der Waals surface area (Å²) < 4.78 is 1.86. The van der Waals surface area contributed by atoms with E-state index < -0.39 is 0 Å². The Hall–Kier alpha value is -3.01. The molecule has 5 heterocycles. The molecule has 9 nitrogen and oxygen atoms in total.